The summed E-state index contributed by atoms with van der Waals surface area (Å²) in [5, 5.41) is 0. The Bertz CT molecular complexity index is 518. The van der Waals surface area contributed by atoms with Crippen LogP contribution in [0.4, 0.5) is 5.69 Å². The molecule has 2 aliphatic rings. The quantitative estimate of drug-likeness (QED) is 0.781. The van der Waals surface area contributed by atoms with Crippen LogP contribution < -0.4 is 4.90 Å². The van der Waals surface area contributed by atoms with Gasteiger partial charge in [-0.15, -0.1) is 0 Å². The van der Waals surface area contributed by atoms with Crippen molar-refractivity contribution in [2.24, 2.45) is 5.41 Å². The summed E-state index contributed by atoms with van der Waals surface area (Å²) in [6, 6.07) is 8.75. The SMILES string of the molecule is CCC1(CC)COC(CCN2CCN(c3ccccc3C)CC2)C1. The molecule has 0 bridgehead atoms. The van der Waals surface area contributed by atoms with E-state index in [0.29, 0.717) is 11.5 Å². The zero-order valence-electron chi connectivity index (χ0n) is 15.8. The van der Waals surface area contributed by atoms with Gasteiger partial charge in [-0.05, 0) is 49.7 Å². The summed E-state index contributed by atoms with van der Waals surface area (Å²) in [6.07, 6.45) is 5.47. The maximum absolute atomic E-state index is 6.11. The van der Waals surface area contributed by atoms with Crippen molar-refractivity contribution in [1.82, 2.24) is 4.90 Å². The fraction of sp³-hybridized carbons (Fsp3) is 0.714. The van der Waals surface area contributed by atoms with Crippen LogP contribution in [-0.2, 0) is 4.74 Å². The van der Waals surface area contributed by atoms with E-state index in [0.717, 1.165) is 19.7 Å². The van der Waals surface area contributed by atoms with Gasteiger partial charge in [0.25, 0.3) is 0 Å². The largest absolute Gasteiger partial charge is 0.378 e. The van der Waals surface area contributed by atoms with E-state index in [1.807, 2.05) is 0 Å². The van der Waals surface area contributed by atoms with E-state index in [1.165, 1.54) is 56.6 Å². The first kappa shape index (κ1) is 17.8. The minimum absolute atomic E-state index is 0.466. The van der Waals surface area contributed by atoms with Gasteiger partial charge >= 0.3 is 0 Å². The lowest BCUT2D eigenvalue weighted by Crippen LogP contribution is -2.47. The number of benzene rings is 1. The van der Waals surface area contributed by atoms with Crippen molar-refractivity contribution in [3.63, 3.8) is 0 Å². The third-order valence-corrected chi connectivity index (χ3v) is 6.38. The third kappa shape index (κ3) is 3.94. The van der Waals surface area contributed by atoms with Gasteiger partial charge in [-0.1, -0.05) is 32.0 Å². The fourth-order valence-electron chi connectivity index (χ4n) is 4.28. The molecule has 1 unspecified atom stereocenters. The monoisotopic (exact) mass is 330 g/mol. The van der Waals surface area contributed by atoms with Crippen molar-refractivity contribution < 1.29 is 4.74 Å². The van der Waals surface area contributed by atoms with Crippen LogP contribution >= 0.6 is 0 Å². The Morgan fingerprint density at radius 3 is 2.42 bits per heavy atom. The fourth-order valence-corrected chi connectivity index (χ4v) is 4.28. The average Bonchev–Trinajstić information content (AvgIpc) is 3.05. The molecule has 0 radical (unpaired) electrons. The van der Waals surface area contributed by atoms with Crippen LogP contribution in [0.15, 0.2) is 24.3 Å². The molecule has 3 nitrogen and oxygen atoms in total. The molecule has 3 heteroatoms. The van der Waals surface area contributed by atoms with Crippen LogP contribution in [-0.4, -0.2) is 50.3 Å². The van der Waals surface area contributed by atoms with Gasteiger partial charge in [-0.3, -0.25) is 4.90 Å². The van der Waals surface area contributed by atoms with Gasteiger partial charge in [0, 0.05) is 38.4 Å². The molecule has 2 fully saturated rings. The second-order valence-electron chi connectivity index (χ2n) is 7.75. The summed E-state index contributed by atoms with van der Waals surface area (Å²) in [5.74, 6) is 0. The second kappa shape index (κ2) is 7.88. The Labute approximate surface area is 148 Å². The van der Waals surface area contributed by atoms with E-state index in [1.54, 1.807) is 0 Å². The Balaban J connectivity index is 1.43. The second-order valence-corrected chi connectivity index (χ2v) is 7.75. The summed E-state index contributed by atoms with van der Waals surface area (Å²) in [6.45, 7) is 13.7. The predicted octanol–water partition coefficient (Wildman–Crippen LogP) is 4.10. The lowest BCUT2D eigenvalue weighted by atomic mass is 9.80. The molecule has 1 aromatic carbocycles. The Hall–Kier alpha value is -1.06. The molecule has 0 saturated carbocycles. The highest BCUT2D eigenvalue weighted by molar-refractivity contribution is 5.53. The maximum Gasteiger partial charge on any atom is 0.0593 e. The molecule has 3 rings (SSSR count). The van der Waals surface area contributed by atoms with E-state index in [-0.39, 0.29) is 0 Å². The first-order valence-electron chi connectivity index (χ1n) is 9.80. The predicted molar refractivity (Wildman–Crippen MR) is 102 cm³/mol. The van der Waals surface area contributed by atoms with E-state index in [9.17, 15) is 0 Å². The molecule has 1 atom stereocenters. The zero-order valence-corrected chi connectivity index (χ0v) is 15.8. The number of aryl methyl sites for hydroxylation is 1. The van der Waals surface area contributed by atoms with Gasteiger partial charge in [0.05, 0.1) is 12.7 Å². The zero-order chi connectivity index (χ0) is 17.0. The number of nitrogens with zero attached hydrogens (tertiary/aromatic N) is 2. The van der Waals surface area contributed by atoms with Gasteiger partial charge in [-0.25, -0.2) is 0 Å². The average molecular weight is 331 g/mol. The maximum atomic E-state index is 6.11. The van der Waals surface area contributed by atoms with E-state index in [2.05, 4.69) is 54.8 Å². The Morgan fingerprint density at radius 1 is 1.08 bits per heavy atom. The summed E-state index contributed by atoms with van der Waals surface area (Å²) >= 11 is 0. The molecule has 24 heavy (non-hydrogen) atoms. The molecule has 2 aliphatic heterocycles. The highest BCUT2D eigenvalue weighted by Gasteiger charge is 2.37. The van der Waals surface area contributed by atoms with Gasteiger partial charge in [0.15, 0.2) is 0 Å². The number of rotatable bonds is 6. The number of hydrogen-bond acceptors (Lipinski definition) is 3. The number of para-hydroxylation sites is 1. The van der Waals surface area contributed by atoms with Crippen molar-refractivity contribution in [3.05, 3.63) is 29.8 Å². The molecular formula is C21H34N2O. The smallest absolute Gasteiger partial charge is 0.0593 e. The molecule has 0 amide bonds. The molecule has 2 saturated heterocycles. The highest BCUT2D eigenvalue weighted by atomic mass is 16.5. The number of ether oxygens (including phenoxy) is 1. The molecular weight excluding hydrogens is 296 g/mol. The van der Waals surface area contributed by atoms with Crippen molar-refractivity contribution in [2.75, 3.05) is 44.2 Å². The molecule has 0 N–H and O–H groups in total. The molecule has 0 spiro atoms. The van der Waals surface area contributed by atoms with Crippen molar-refractivity contribution in [2.45, 2.75) is 52.6 Å². The van der Waals surface area contributed by atoms with E-state index < -0.39 is 0 Å². The summed E-state index contributed by atoms with van der Waals surface area (Å²) in [5.41, 5.74) is 3.27. The molecule has 1 aromatic rings. The van der Waals surface area contributed by atoms with Gasteiger partial charge in [-0.2, -0.15) is 0 Å². The molecule has 0 aliphatic carbocycles. The van der Waals surface area contributed by atoms with Gasteiger partial charge < -0.3 is 9.64 Å². The Morgan fingerprint density at radius 2 is 1.79 bits per heavy atom. The minimum Gasteiger partial charge on any atom is -0.378 e. The normalized spacial score (nSPS) is 24.5. The van der Waals surface area contributed by atoms with Crippen LogP contribution in [0, 0.1) is 12.3 Å². The number of anilines is 1. The highest BCUT2D eigenvalue weighted by Crippen LogP contribution is 2.39. The summed E-state index contributed by atoms with van der Waals surface area (Å²) in [4.78, 5) is 5.16. The molecule has 0 aromatic heterocycles. The summed E-state index contributed by atoms with van der Waals surface area (Å²) < 4.78 is 6.11. The van der Waals surface area contributed by atoms with Crippen molar-refractivity contribution >= 4 is 5.69 Å². The lowest BCUT2D eigenvalue weighted by Gasteiger charge is -2.37. The van der Waals surface area contributed by atoms with Gasteiger partial charge in [0.2, 0.25) is 0 Å². The standard InChI is InChI=1S/C21H34N2O/c1-4-21(5-2)16-19(24-17-21)10-11-22-12-14-23(15-13-22)20-9-7-6-8-18(20)3/h6-9,19H,4-5,10-17H2,1-3H3. The lowest BCUT2D eigenvalue weighted by molar-refractivity contribution is 0.0785. The first-order chi connectivity index (χ1) is 11.7. The van der Waals surface area contributed by atoms with Crippen molar-refractivity contribution in [1.29, 1.82) is 0 Å². The first-order valence-corrected chi connectivity index (χ1v) is 9.80. The Kier molecular flexibility index (Phi) is 5.83. The minimum atomic E-state index is 0.466. The van der Waals surface area contributed by atoms with Crippen molar-refractivity contribution in [3.8, 4) is 0 Å². The van der Waals surface area contributed by atoms with Crippen LogP contribution in [0.5, 0.6) is 0 Å². The van der Waals surface area contributed by atoms with Crippen LogP contribution in [0.3, 0.4) is 0 Å². The van der Waals surface area contributed by atoms with E-state index >= 15 is 0 Å². The van der Waals surface area contributed by atoms with Gasteiger partial charge in [0.1, 0.15) is 0 Å². The number of piperazine rings is 1. The number of hydrogen-bond donors (Lipinski definition) is 0. The van der Waals surface area contributed by atoms with E-state index in [4.69, 9.17) is 4.74 Å². The topological polar surface area (TPSA) is 15.7 Å². The van der Waals surface area contributed by atoms with Crippen LogP contribution in [0.25, 0.3) is 0 Å². The molecule has 134 valence electrons. The van der Waals surface area contributed by atoms with Crippen LogP contribution in [0.2, 0.25) is 0 Å². The molecule has 2 heterocycles. The third-order valence-electron chi connectivity index (χ3n) is 6.38. The summed E-state index contributed by atoms with van der Waals surface area (Å²) in [7, 11) is 0. The van der Waals surface area contributed by atoms with Crippen LogP contribution in [0.1, 0.15) is 45.1 Å².